The molecule has 0 fully saturated rings. The van der Waals surface area contributed by atoms with Crippen LogP contribution in [0.1, 0.15) is 30.6 Å². The number of halogens is 1. The van der Waals surface area contributed by atoms with Crippen LogP contribution in [0.5, 0.6) is 5.75 Å². The summed E-state index contributed by atoms with van der Waals surface area (Å²) in [6.45, 7) is 2.60. The van der Waals surface area contributed by atoms with Gasteiger partial charge in [-0.05, 0) is 48.7 Å². The molecule has 4 heteroatoms. The first-order chi connectivity index (χ1) is 10.0. The number of hydrogen-bond donors (Lipinski definition) is 3. The Labute approximate surface area is 124 Å². The van der Waals surface area contributed by atoms with E-state index in [1.54, 1.807) is 30.3 Å². The molecule has 0 spiro atoms. The number of phenolic OH excluding ortho intramolecular Hbond substituents is 1. The first-order valence-electron chi connectivity index (χ1n) is 6.99. The fourth-order valence-electron chi connectivity index (χ4n) is 2.20. The van der Waals surface area contributed by atoms with Crippen LogP contribution in [0.25, 0.3) is 0 Å². The lowest BCUT2D eigenvalue weighted by molar-refractivity contribution is 0.153. The van der Waals surface area contributed by atoms with Crippen LogP contribution in [0, 0.1) is 5.82 Å². The van der Waals surface area contributed by atoms with Gasteiger partial charge in [0, 0.05) is 12.6 Å². The lowest BCUT2D eigenvalue weighted by Gasteiger charge is -2.18. The van der Waals surface area contributed by atoms with Gasteiger partial charge in [0.05, 0.1) is 6.10 Å². The minimum atomic E-state index is -0.628. The van der Waals surface area contributed by atoms with Crippen molar-refractivity contribution in [3.8, 4) is 5.75 Å². The molecule has 0 aromatic heterocycles. The Bertz CT molecular complexity index is 571. The van der Waals surface area contributed by atoms with E-state index in [9.17, 15) is 14.6 Å². The van der Waals surface area contributed by atoms with E-state index in [1.807, 2.05) is 13.0 Å². The third-order valence-electron chi connectivity index (χ3n) is 3.40. The number of aliphatic hydroxyl groups excluding tert-OH is 1. The quantitative estimate of drug-likeness (QED) is 0.766. The van der Waals surface area contributed by atoms with E-state index in [2.05, 4.69) is 5.32 Å². The molecule has 3 nitrogen and oxygen atoms in total. The molecule has 0 radical (unpaired) electrons. The van der Waals surface area contributed by atoms with Gasteiger partial charge in [-0.15, -0.1) is 0 Å². The number of aromatic hydroxyl groups is 1. The van der Waals surface area contributed by atoms with E-state index in [-0.39, 0.29) is 17.6 Å². The predicted molar refractivity (Wildman–Crippen MR) is 80.4 cm³/mol. The molecular weight excluding hydrogens is 269 g/mol. The van der Waals surface area contributed by atoms with Crippen molar-refractivity contribution in [1.82, 2.24) is 5.32 Å². The van der Waals surface area contributed by atoms with Crippen molar-refractivity contribution in [2.45, 2.75) is 32.0 Å². The zero-order valence-electron chi connectivity index (χ0n) is 12.0. The first kappa shape index (κ1) is 15.5. The normalized spacial score (nSPS) is 13.9. The molecule has 0 aliphatic carbocycles. The van der Waals surface area contributed by atoms with Gasteiger partial charge in [-0.1, -0.05) is 24.3 Å². The van der Waals surface area contributed by atoms with Gasteiger partial charge in [0.2, 0.25) is 0 Å². The highest BCUT2D eigenvalue weighted by Crippen LogP contribution is 2.19. The second-order valence-corrected chi connectivity index (χ2v) is 5.25. The van der Waals surface area contributed by atoms with Gasteiger partial charge >= 0.3 is 0 Å². The monoisotopic (exact) mass is 289 g/mol. The minimum Gasteiger partial charge on any atom is -0.508 e. The predicted octanol–water partition coefficient (Wildman–Crippen LogP) is 3.13. The number of nitrogens with one attached hydrogen (secondary N) is 1. The molecule has 0 saturated carbocycles. The van der Waals surface area contributed by atoms with Gasteiger partial charge < -0.3 is 15.5 Å². The number of phenols is 1. The fourth-order valence-corrected chi connectivity index (χ4v) is 2.20. The van der Waals surface area contributed by atoms with Crippen LogP contribution in [0.2, 0.25) is 0 Å². The molecule has 2 aromatic carbocycles. The van der Waals surface area contributed by atoms with E-state index in [1.165, 1.54) is 12.1 Å². The summed E-state index contributed by atoms with van der Waals surface area (Å²) in [7, 11) is 0. The average Bonchev–Trinajstić information content (AvgIpc) is 2.46. The van der Waals surface area contributed by atoms with Crippen molar-refractivity contribution < 1.29 is 14.6 Å². The lowest BCUT2D eigenvalue weighted by atomic mass is 10.0. The Hall–Kier alpha value is -1.91. The molecule has 0 aliphatic heterocycles. The van der Waals surface area contributed by atoms with Gasteiger partial charge in [0.15, 0.2) is 0 Å². The summed E-state index contributed by atoms with van der Waals surface area (Å²) in [6.07, 6.45) is -0.0953. The van der Waals surface area contributed by atoms with Crippen molar-refractivity contribution >= 4 is 0 Å². The summed E-state index contributed by atoms with van der Waals surface area (Å²) in [5.41, 5.74) is 1.69. The van der Waals surface area contributed by atoms with Crippen LogP contribution in [-0.2, 0) is 6.54 Å². The van der Waals surface area contributed by atoms with Gasteiger partial charge in [0.1, 0.15) is 11.6 Å². The van der Waals surface area contributed by atoms with E-state index in [0.717, 1.165) is 5.56 Å². The van der Waals surface area contributed by atoms with E-state index >= 15 is 0 Å². The molecule has 2 unspecified atom stereocenters. The molecule has 0 heterocycles. The maximum absolute atomic E-state index is 12.8. The molecule has 2 atom stereocenters. The molecule has 2 aromatic rings. The first-order valence-corrected chi connectivity index (χ1v) is 6.99. The van der Waals surface area contributed by atoms with Crippen molar-refractivity contribution in [1.29, 1.82) is 0 Å². The molecule has 0 bridgehead atoms. The summed E-state index contributed by atoms with van der Waals surface area (Å²) in [5, 5.41) is 22.8. The smallest absolute Gasteiger partial charge is 0.123 e. The number of hydrogen-bond acceptors (Lipinski definition) is 3. The molecule has 0 saturated heterocycles. The van der Waals surface area contributed by atoms with E-state index < -0.39 is 6.10 Å². The van der Waals surface area contributed by atoms with Crippen LogP contribution in [0.3, 0.4) is 0 Å². The van der Waals surface area contributed by atoms with Crippen molar-refractivity contribution in [2.75, 3.05) is 0 Å². The zero-order chi connectivity index (χ0) is 15.2. The van der Waals surface area contributed by atoms with Gasteiger partial charge in [-0.25, -0.2) is 4.39 Å². The summed E-state index contributed by atoms with van der Waals surface area (Å²) >= 11 is 0. The molecule has 21 heavy (non-hydrogen) atoms. The fraction of sp³-hybridized carbons (Fsp3) is 0.294. The number of benzene rings is 2. The highest BCUT2D eigenvalue weighted by atomic mass is 19.1. The van der Waals surface area contributed by atoms with Gasteiger partial charge in [-0.3, -0.25) is 0 Å². The van der Waals surface area contributed by atoms with Crippen molar-refractivity contribution in [3.63, 3.8) is 0 Å². The highest BCUT2D eigenvalue weighted by Gasteiger charge is 2.12. The summed E-state index contributed by atoms with van der Waals surface area (Å²) in [5.74, 6) is -0.0608. The second kappa shape index (κ2) is 7.20. The zero-order valence-corrected chi connectivity index (χ0v) is 12.0. The topological polar surface area (TPSA) is 52.5 Å². The number of rotatable bonds is 6. The van der Waals surface area contributed by atoms with Crippen LogP contribution < -0.4 is 5.32 Å². The Kier molecular flexibility index (Phi) is 5.31. The van der Waals surface area contributed by atoms with Gasteiger partial charge in [0.25, 0.3) is 0 Å². The van der Waals surface area contributed by atoms with Crippen LogP contribution >= 0.6 is 0 Å². The largest absolute Gasteiger partial charge is 0.508 e. The van der Waals surface area contributed by atoms with Crippen LogP contribution in [-0.4, -0.2) is 16.3 Å². The maximum atomic E-state index is 12.8. The van der Waals surface area contributed by atoms with Gasteiger partial charge in [-0.2, -0.15) is 0 Å². The summed E-state index contributed by atoms with van der Waals surface area (Å²) in [6, 6.07) is 13.0. The standard InChI is InChI=1S/C17H20FNO2/c1-12(19-11-13-3-2-4-16(20)10-13)9-17(21)14-5-7-15(18)8-6-14/h2-8,10,12,17,19-21H,9,11H2,1H3. The Morgan fingerprint density at radius 3 is 2.52 bits per heavy atom. The lowest BCUT2D eigenvalue weighted by Crippen LogP contribution is -2.27. The highest BCUT2D eigenvalue weighted by molar-refractivity contribution is 5.27. The summed E-state index contributed by atoms with van der Waals surface area (Å²) < 4.78 is 12.8. The van der Waals surface area contributed by atoms with E-state index in [0.29, 0.717) is 18.5 Å². The number of aliphatic hydroxyl groups is 1. The Morgan fingerprint density at radius 2 is 1.86 bits per heavy atom. The Morgan fingerprint density at radius 1 is 1.14 bits per heavy atom. The molecule has 3 N–H and O–H groups in total. The van der Waals surface area contributed by atoms with Crippen LogP contribution in [0.15, 0.2) is 48.5 Å². The molecular formula is C17H20FNO2. The van der Waals surface area contributed by atoms with Crippen molar-refractivity contribution in [3.05, 3.63) is 65.5 Å². The third-order valence-corrected chi connectivity index (χ3v) is 3.40. The van der Waals surface area contributed by atoms with E-state index in [4.69, 9.17) is 0 Å². The van der Waals surface area contributed by atoms with Crippen LogP contribution in [0.4, 0.5) is 4.39 Å². The molecule has 2 rings (SSSR count). The second-order valence-electron chi connectivity index (χ2n) is 5.25. The van der Waals surface area contributed by atoms with Crippen molar-refractivity contribution in [2.24, 2.45) is 0 Å². The average molecular weight is 289 g/mol. The molecule has 112 valence electrons. The summed E-state index contributed by atoms with van der Waals surface area (Å²) in [4.78, 5) is 0. The molecule has 0 aliphatic rings. The minimum absolute atomic E-state index is 0.0902. The maximum Gasteiger partial charge on any atom is 0.123 e. The Balaban J connectivity index is 1.83. The SMILES string of the molecule is CC(CC(O)c1ccc(F)cc1)NCc1cccc(O)c1. The molecule has 0 amide bonds. The third kappa shape index (κ3) is 4.85.